The monoisotopic (exact) mass is 685 g/mol. The van der Waals surface area contributed by atoms with Crippen molar-refractivity contribution in [2.75, 3.05) is 27.6 Å². The van der Waals surface area contributed by atoms with Crippen molar-refractivity contribution in [2.24, 2.45) is 5.10 Å². The average Bonchev–Trinajstić information content (AvgIpc) is 3.06. The third-order valence-corrected chi connectivity index (χ3v) is 7.85. The van der Waals surface area contributed by atoms with E-state index >= 15 is 0 Å². The quantitative estimate of drug-likeness (QED) is 0.0752. The molecule has 0 amide bonds. The Bertz CT molecular complexity index is 2000. The predicted molar refractivity (Wildman–Crippen MR) is 190 cm³/mol. The lowest BCUT2D eigenvalue weighted by Crippen LogP contribution is -2.17. The van der Waals surface area contributed by atoms with Crippen molar-refractivity contribution < 1.29 is 27.5 Å². The van der Waals surface area contributed by atoms with Gasteiger partial charge in [-0.3, -0.25) is 24.5 Å². The number of aromatic carboxylic acids is 1. The van der Waals surface area contributed by atoms with Gasteiger partial charge in [0.1, 0.15) is 4.90 Å². The number of rotatable bonds is 11. The molecule has 0 saturated heterocycles. The molecule has 5 aromatic carbocycles. The van der Waals surface area contributed by atoms with Gasteiger partial charge in [-0.2, -0.15) is 5.10 Å². The zero-order valence-electron chi connectivity index (χ0n) is 25.8. The van der Waals surface area contributed by atoms with Crippen molar-refractivity contribution in [1.82, 2.24) is 0 Å². The van der Waals surface area contributed by atoms with E-state index in [0.29, 0.717) is 5.56 Å². The molecule has 0 aromatic heterocycles. The van der Waals surface area contributed by atoms with E-state index in [0.717, 1.165) is 29.2 Å². The minimum Gasteiger partial charge on any atom is -0.478 e. The van der Waals surface area contributed by atoms with Crippen molar-refractivity contribution in [3.8, 4) is 0 Å². The molecule has 0 fully saturated rings. The van der Waals surface area contributed by atoms with Gasteiger partial charge in [0.2, 0.25) is 0 Å². The second-order valence-electron chi connectivity index (χ2n) is 10.1. The fourth-order valence-corrected chi connectivity index (χ4v) is 5.64. The number of nitrogens with zero attached hydrogens (tertiary/aromatic N) is 3. The van der Waals surface area contributed by atoms with Crippen molar-refractivity contribution >= 4 is 67.1 Å². The highest BCUT2D eigenvalue weighted by molar-refractivity contribution is 7.93. The highest BCUT2D eigenvalue weighted by atomic mass is 32.2. The number of carboxylic acid groups (broad SMARTS) is 1. The van der Waals surface area contributed by atoms with Gasteiger partial charge in [-0.15, -0.1) is 0 Å². The first-order chi connectivity index (χ1) is 23.0. The first-order valence-electron chi connectivity index (χ1n) is 14.1. The number of para-hydroxylation sites is 3. The first-order valence-corrected chi connectivity index (χ1v) is 17.6. The Morgan fingerprint density at radius 1 is 0.812 bits per heavy atom. The van der Waals surface area contributed by atoms with E-state index in [1.165, 1.54) is 36.5 Å². The smallest absolute Gasteiger partial charge is 0.337 e. The van der Waals surface area contributed by atoms with Gasteiger partial charge in [0.25, 0.3) is 15.7 Å². The summed E-state index contributed by atoms with van der Waals surface area (Å²) in [5.41, 5.74) is 5.21. The van der Waals surface area contributed by atoms with Crippen LogP contribution in [0.5, 0.6) is 0 Å². The van der Waals surface area contributed by atoms with Crippen LogP contribution in [0.25, 0.3) is 0 Å². The number of hydrogen-bond acceptors (Lipinski definition) is 9. The Balaban J connectivity index is 0.00000123. The minimum absolute atomic E-state index is 0.0527. The second-order valence-corrected chi connectivity index (χ2v) is 13.2. The van der Waals surface area contributed by atoms with Crippen LogP contribution in [-0.2, 0) is 20.8 Å². The summed E-state index contributed by atoms with van der Waals surface area (Å²) >= 11 is 0. The third kappa shape index (κ3) is 9.34. The SMILES string of the molecule is CS(C)=O.O=C(O)c1ccccc1NS(=O)(=O)c1cc([N+](=O)[O-])ccc1N/N=C/c1ccc(N(c2ccccc2)c2ccccc2)cc1. The van der Waals surface area contributed by atoms with Gasteiger partial charge < -0.3 is 10.0 Å². The number of nitro benzene ring substituents is 1. The van der Waals surface area contributed by atoms with E-state index < -0.39 is 42.3 Å². The standard InChI is InChI=1S/C32H25N5O6S.C2H6OS/c38-32(39)28-13-7-8-14-29(28)35-44(42,43)31-21-27(37(40)41)19-20-30(31)34-33-22-23-15-17-26(18-16-23)36(24-9-3-1-4-10-24)25-11-5-2-6-12-25;1-4(2)3/h1-22,34-35H,(H,38,39);1-2H3/b33-22+;. The van der Waals surface area contributed by atoms with Crippen LogP contribution in [0.2, 0.25) is 0 Å². The molecule has 0 spiro atoms. The van der Waals surface area contributed by atoms with Crippen LogP contribution in [0, 0.1) is 10.1 Å². The molecular formula is C34H31N5O7S2. The normalized spacial score (nSPS) is 11.0. The maximum Gasteiger partial charge on any atom is 0.337 e. The number of anilines is 5. The fourth-order valence-electron chi connectivity index (χ4n) is 4.38. The number of sulfonamides is 1. The largest absolute Gasteiger partial charge is 0.478 e. The number of benzene rings is 5. The summed E-state index contributed by atoms with van der Waals surface area (Å²) in [6, 6.07) is 36.0. The Labute approximate surface area is 280 Å². The van der Waals surface area contributed by atoms with Gasteiger partial charge in [0.15, 0.2) is 0 Å². The molecule has 0 saturated carbocycles. The summed E-state index contributed by atoms with van der Waals surface area (Å²) in [4.78, 5) is 23.9. The molecule has 0 aliphatic heterocycles. The first kappa shape index (κ1) is 35.0. The van der Waals surface area contributed by atoms with Crippen LogP contribution in [0.3, 0.4) is 0 Å². The third-order valence-electron chi connectivity index (χ3n) is 6.45. The van der Waals surface area contributed by atoms with E-state index in [1.54, 1.807) is 12.5 Å². The molecule has 0 radical (unpaired) electrons. The van der Waals surface area contributed by atoms with Gasteiger partial charge in [0, 0.05) is 52.5 Å². The Morgan fingerprint density at radius 3 is 1.88 bits per heavy atom. The molecule has 5 rings (SSSR count). The van der Waals surface area contributed by atoms with Gasteiger partial charge >= 0.3 is 5.97 Å². The lowest BCUT2D eigenvalue weighted by Gasteiger charge is -2.25. The minimum atomic E-state index is -4.48. The van der Waals surface area contributed by atoms with Crippen LogP contribution in [0.4, 0.5) is 34.1 Å². The lowest BCUT2D eigenvalue weighted by molar-refractivity contribution is -0.385. The second kappa shape index (κ2) is 16.1. The van der Waals surface area contributed by atoms with Crippen molar-refractivity contribution in [3.63, 3.8) is 0 Å². The van der Waals surface area contributed by atoms with Gasteiger partial charge in [-0.05, 0) is 60.2 Å². The molecule has 246 valence electrons. The number of hydrazone groups is 1. The summed E-state index contributed by atoms with van der Waals surface area (Å²) < 4.78 is 38.4. The molecule has 14 heteroatoms. The Kier molecular flexibility index (Phi) is 11.7. The molecule has 0 aliphatic rings. The summed E-state index contributed by atoms with van der Waals surface area (Å²) in [5, 5.41) is 25.0. The van der Waals surface area contributed by atoms with Crippen molar-refractivity contribution in [3.05, 3.63) is 149 Å². The number of carbonyl (C=O) groups is 1. The van der Waals surface area contributed by atoms with Crippen LogP contribution >= 0.6 is 0 Å². The topological polar surface area (TPSA) is 171 Å². The Morgan fingerprint density at radius 2 is 1.33 bits per heavy atom. The van der Waals surface area contributed by atoms with Crippen molar-refractivity contribution in [2.45, 2.75) is 4.90 Å². The van der Waals surface area contributed by atoms with E-state index in [1.807, 2.05) is 84.9 Å². The van der Waals surface area contributed by atoms with Crippen molar-refractivity contribution in [1.29, 1.82) is 0 Å². The number of nitro groups is 1. The summed E-state index contributed by atoms with van der Waals surface area (Å²) in [7, 11) is -5.09. The summed E-state index contributed by atoms with van der Waals surface area (Å²) in [6.45, 7) is 0. The lowest BCUT2D eigenvalue weighted by atomic mass is 10.1. The number of hydrogen-bond donors (Lipinski definition) is 3. The maximum atomic E-state index is 13.3. The van der Waals surface area contributed by atoms with E-state index in [4.69, 9.17) is 0 Å². The van der Waals surface area contributed by atoms with Gasteiger partial charge in [0.05, 0.1) is 28.1 Å². The molecule has 0 heterocycles. The molecule has 0 aliphatic carbocycles. The molecular weight excluding hydrogens is 655 g/mol. The molecule has 3 N–H and O–H groups in total. The maximum absolute atomic E-state index is 13.3. The zero-order chi connectivity index (χ0) is 34.7. The molecule has 5 aromatic rings. The van der Waals surface area contributed by atoms with E-state index in [2.05, 4.69) is 20.1 Å². The zero-order valence-corrected chi connectivity index (χ0v) is 27.4. The molecule has 0 unspecified atom stereocenters. The molecule has 0 atom stereocenters. The van der Waals surface area contributed by atoms with E-state index in [9.17, 15) is 32.6 Å². The molecule has 48 heavy (non-hydrogen) atoms. The highest BCUT2D eigenvalue weighted by Gasteiger charge is 2.24. The molecule has 0 bridgehead atoms. The number of carboxylic acids is 1. The summed E-state index contributed by atoms with van der Waals surface area (Å²) in [5.74, 6) is -1.34. The van der Waals surface area contributed by atoms with Gasteiger partial charge in [-0.1, -0.05) is 60.7 Å². The summed E-state index contributed by atoms with van der Waals surface area (Å²) in [6.07, 6.45) is 4.75. The highest BCUT2D eigenvalue weighted by Crippen LogP contribution is 2.34. The Hall–Kier alpha value is -5.86. The van der Waals surface area contributed by atoms with E-state index in [-0.39, 0.29) is 16.9 Å². The van der Waals surface area contributed by atoms with Crippen LogP contribution < -0.4 is 15.0 Å². The van der Waals surface area contributed by atoms with Gasteiger partial charge in [-0.25, -0.2) is 13.2 Å². The number of non-ortho nitro benzene ring substituents is 1. The number of nitrogens with one attached hydrogen (secondary N) is 2. The van der Waals surface area contributed by atoms with Crippen LogP contribution in [-0.4, -0.2) is 47.4 Å². The van der Waals surface area contributed by atoms with Crippen LogP contribution in [0.15, 0.2) is 137 Å². The molecule has 12 nitrogen and oxygen atoms in total. The van der Waals surface area contributed by atoms with Crippen LogP contribution in [0.1, 0.15) is 15.9 Å². The average molecular weight is 686 g/mol. The fraction of sp³-hybridized carbons (Fsp3) is 0.0588. The predicted octanol–water partition coefficient (Wildman–Crippen LogP) is 7.00.